The smallest absolute Gasteiger partial charge is 0.411 e. The number of halogens is 2. The minimum absolute atomic E-state index is 0.00238. The Balaban J connectivity index is 0.789. The first-order valence-electron chi connectivity index (χ1n) is 35.0. The van der Waals surface area contributed by atoms with E-state index >= 15 is 8.78 Å². The van der Waals surface area contributed by atoms with E-state index in [1.54, 1.807) is 49.7 Å². The van der Waals surface area contributed by atoms with Gasteiger partial charge >= 0.3 is 18.1 Å². The van der Waals surface area contributed by atoms with Crippen LogP contribution in [0.5, 0.6) is 17.5 Å². The molecular weight excluding hydrogens is 1250 g/mol. The van der Waals surface area contributed by atoms with Gasteiger partial charge in [-0.25, -0.2) is 18.4 Å². The summed E-state index contributed by atoms with van der Waals surface area (Å²) in [5, 5.41) is 3.70. The average Bonchev–Trinajstić information content (AvgIpc) is 1.73. The number of urea groups is 1. The number of rotatable bonds is 20. The Morgan fingerprint density at radius 1 is 0.814 bits per heavy atom. The molecule has 2 aromatic heterocycles. The molecule has 97 heavy (non-hydrogen) atoms. The number of carbonyl (C=O) groups is 4. The molecule has 0 radical (unpaired) electrons. The second kappa shape index (κ2) is 29.3. The molecule has 1 saturated carbocycles. The van der Waals surface area contributed by atoms with Gasteiger partial charge in [-0.3, -0.25) is 29.7 Å². The molecule has 3 aromatic carbocycles. The van der Waals surface area contributed by atoms with Crippen LogP contribution >= 0.6 is 0 Å². The summed E-state index contributed by atoms with van der Waals surface area (Å²) in [4.78, 5) is 79.9. The van der Waals surface area contributed by atoms with Crippen LogP contribution < -0.4 is 29.3 Å². The van der Waals surface area contributed by atoms with Gasteiger partial charge < -0.3 is 48.0 Å². The van der Waals surface area contributed by atoms with E-state index in [0.717, 1.165) is 65.0 Å². The first-order chi connectivity index (χ1) is 46.3. The summed E-state index contributed by atoms with van der Waals surface area (Å²) in [7, 11) is 2.29. The van der Waals surface area contributed by atoms with E-state index in [1.807, 2.05) is 30.6 Å². The van der Waals surface area contributed by atoms with Crippen LogP contribution in [0.1, 0.15) is 143 Å². The van der Waals surface area contributed by atoms with Gasteiger partial charge in [0.15, 0.2) is 12.6 Å². The zero-order valence-electron chi connectivity index (χ0n) is 59.2. The van der Waals surface area contributed by atoms with Gasteiger partial charge in [0.1, 0.15) is 48.0 Å². The van der Waals surface area contributed by atoms with Gasteiger partial charge in [-0.05, 0) is 142 Å². The van der Waals surface area contributed by atoms with E-state index < -0.39 is 43.0 Å². The number of aromatic nitrogens is 3. The van der Waals surface area contributed by atoms with Crippen LogP contribution in [0.3, 0.4) is 0 Å². The Bertz CT molecular complexity index is 3770. The van der Waals surface area contributed by atoms with Crippen molar-refractivity contribution in [3.63, 3.8) is 0 Å². The number of ether oxygens (including phenoxy) is 6. The van der Waals surface area contributed by atoms with E-state index in [-0.39, 0.29) is 107 Å². The number of benzene rings is 3. The highest BCUT2D eigenvalue weighted by molar-refractivity contribution is 6.90. The van der Waals surface area contributed by atoms with Crippen LogP contribution in [-0.4, -0.2) is 197 Å². The molecule has 524 valence electrons. The maximum absolute atomic E-state index is 18.4. The molecule has 1 spiro atoms. The number of hydrogen-bond acceptors (Lipinski definition) is 16. The summed E-state index contributed by atoms with van der Waals surface area (Å²) in [5.41, 5.74) is 4.60. The number of pyridine rings is 1. The van der Waals surface area contributed by atoms with Crippen molar-refractivity contribution in [2.45, 2.75) is 161 Å². The number of methoxy groups -OCH3 is 3. The number of piperazine rings is 2. The number of anilines is 2. The molecule has 6 aliphatic rings. The maximum atomic E-state index is 18.4. The summed E-state index contributed by atoms with van der Waals surface area (Å²) in [6.45, 7) is 29.3. The molecule has 2 bridgehead atoms. The van der Waals surface area contributed by atoms with Crippen LogP contribution in [0.15, 0.2) is 48.7 Å². The molecule has 6 fully saturated rings. The van der Waals surface area contributed by atoms with Crippen molar-refractivity contribution in [2.24, 2.45) is 17.3 Å². The molecule has 23 heteroatoms. The summed E-state index contributed by atoms with van der Waals surface area (Å²) in [5.74, 6) is 3.63. The van der Waals surface area contributed by atoms with Gasteiger partial charge in [0.2, 0.25) is 5.91 Å². The highest BCUT2D eigenvalue weighted by Crippen LogP contribution is 2.49. The lowest BCUT2D eigenvalue weighted by atomic mass is 9.65. The second-order valence-electron chi connectivity index (χ2n) is 30.2. The molecule has 20 nitrogen and oxygen atoms in total. The van der Waals surface area contributed by atoms with Gasteiger partial charge in [-0.1, -0.05) is 60.5 Å². The Morgan fingerprint density at radius 2 is 1.53 bits per heavy atom. The standard InChI is InChI=1S/C74H100F2N10O10Si/c1-47(2)97(48(3)4,49(5)6)35-22-56-59(75)16-14-52-36-55(95-46-92-12)38-57(63(52)56)65-64(76)66-58(39-77-65)67(84-42-54-20-25-74(44-84,45-91-11)86(54)71(90)96-72(8,9)10)80-69(79-66)94-43-50(7)40-81-31-33-82(34-32-81)41-51-18-23-73(24-19-51)26-29-83(30-27-73)68(88)53-15-17-61(93-13)60(37-53)85-28-21-62(87)78-70(85)89/h14-17,36-39,47-51,54H,18-21,23-34,40-46H2,1-13H3,(H,78,87,89)/t50-,54?,74?/m1/s1. The fraction of sp³-hybridized carbons (Fsp3) is 0.608. The van der Waals surface area contributed by atoms with Gasteiger partial charge in [0.05, 0.1) is 48.5 Å². The number of piperidine rings is 1. The van der Waals surface area contributed by atoms with E-state index in [9.17, 15) is 19.2 Å². The normalized spacial score (nSPS) is 20.9. The predicted molar refractivity (Wildman–Crippen MR) is 374 cm³/mol. The SMILES string of the molecule is COCOc1cc(-c2ncc3c(N4CC5CCC(COC)(C4)N5C(=O)OC(C)(C)C)nc(OC[C@H](C)CN4CCN(CC5CCC6(CC5)CCN(C(=O)c5ccc(OC)c(N7CCC(=O)NC7=O)c5)CC6)CC4)nc3c2F)c2c(C#C[Si](C(C)C)(C(C)C)C(C)C)c(F)ccc2c1. The van der Waals surface area contributed by atoms with Gasteiger partial charge in [0, 0.05) is 121 Å². The highest BCUT2D eigenvalue weighted by atomic mass is 28.3. The van der Waals surface area contributed by atoms with Crippen LogP contribution in [0, 0.1) is 40.3 Å². The number of fused-ring (bicyclic) bond motifs is 4. The average molecular weight is 1360 g/mol. The van der Waals surface area contributed by atoms with Crippen molar-refractivity contribution < 1.29 is 56.4 Å². The lowest BCUT2D eigenvalue weighted by Gasteiger charge is -2.49. The lowest BCUT2D eigenvalue weighted by Crippen LogP contribution is -2.66. The van der Waals surface area contributed by atoms with E-state index in [0.29, 0.717) is 89.7 Å². The minimum atomic E-state index is -2.38. The van der Waals surface area contributed by atoms with Crippen molar-refractivity contribution in [3.8, 4) is 40.2 Å². The molecule has 5 aromatic rings. The molecular formula is C74H100F2N10O10Si. The Kier molecular flexibility index (Phi) is 21.5. The van der Waals surface area contributed by atoms with Crippen LogP contribution in [0.2, 0.25) is 16.6 Å². The third kappa shape index (κ3) is 14.9. The maximum Gasteiger partial charge on any atom is 0.411 e. The second-order valence-corrected chi connectivity index (χ2v) is 35.8. The zero-order chi connectivity index (χ0) is 69.3. The van der Waals surface area contributed by atoms with Crippen LogP contribution in [0.4, 0.5) is 29.9 Å². The van der Waals surface area contributed by atoms with Crippen LogP contribution in [0.25, 0.3) is 32.9 Å². The molecule has 1 aliphatic carbocycles. The van der Waals surface area contributed by atoms with Gasteiger partial charge in [0.25, 0.3) is 5.91 Å². The van der Waals surface area contributed by atoms with Crippen molar-refractivity contribution in [1.82, 2.24) is 39.9 Å². The molecule has 11 rings (SSSR count). The molecule has 5 saturated heterocycles. The summed E-state index contributed by atoms with van der Waals surface area (Å²) in [6.07, 6.45) is 9.29. The van der Waals surface area contributed by atoms with E-state index in [1.165, 1.54) is 38.0 Å². The van der Waals surface area contributed by atoms with Crippen LogP contribution in [-0.2, 0) is 19.0 Å². The monoisotopic (exact) mass is 1350 g/mol. The number of nitrogens with zero attached hydrogens (tertiary/aromatic N) is 9. The quantitative estimate of drug-likeness (QED) is 0.0439. The van der Waals surface area contributed by atoms with Crippen molar-refractivity contribution in [2.75, 3.05) is 123 Å². The zero-order valence-corrected chi connectivity index (χ0v) is 60.2. The largest absolute Gasteiger partial charge is 0.495 e. The fourth-order valence-electron chi connectivity index (χ4n) is 16.8. The number of amides is 5. The van der Waals surface area contributed by atoms with Gasteiger partial charge in [-0.15, -0.1) is 5.54 Å². The van der Waals surface area contributed by atoms with Gasteiger partial charge in [-0.2, -0.15) is 9.97 Å². The minimum Gasteiger partial charge on any atom is -0.495 e. The van der Waals surface area contributed by atoms with E-state index in [4.69, 9.17) is 43.4 Å². The first-order valence-corrected chi connectivity index (χ1v) is 37.2. The highest BCUT2D eigenvalue weighted by Gasteiger charge is 2.56. The molecule has 5 amide bonds. The van der Waals surface area contributed by atoms with E-state index in [2.05, 4.69) is 79.9 Å². The summed E-state index contributed by atoms with van der Waals surface area (Å²) >= 11 is 0. The summed E-state index contributed by atoms with van der Waals surface area (Å²) < 4.78 is 70.5. The Hall–Kier alpha value is -7.23. The van der Waals surface area contributed by atoms with Crippen molar-refractivity contribution in [1.29, 1.82) is 0 Å². The first kappa shape index (κ1) is 71.1. The third-order valence-electron chi connectivity index (χ3n) is 21.7. The van der Waals surface area contributed by atoms with Crippen molar-refractivity contribution >= 4 is 65.2 Å². The number of nitrogens with one attached hydrogen (secondary N) is 1. The fourth-order valence-corrected chi connectivity index (χ4v) is 22.0. The lowest BCUT2D eigenvalue weighted by molar-refractivity contribution is -0.120. The predicted octanol–water partition coefficient (Wildman–Crippen LogP) is 12.5. The summed E-state index contributed by atoms with van der Waals surface area (Å²) in [6, 6.07) is 10.9. The molecule has 1 N–H and O–H groups in total. The topological polar surface area (TPSA) is 194 Å². The Morgan fingerprint density at radius 3 is 2.19 bits per heavy atom. The molecule has 7 heterocycles. The molecule has 5 aliphatic heterocycles. The molecule has 3 atom stereocenters. The molecule has 2 unspecified atom stereocenters. The number of imide groups is 1. The number of likely N-dealkylation sites (tertiary alicyclic amines) is 1. The number of carbonyl (C=O) groups excluding carboxylic acids is 4. The number of hydrogen-bond donors (Lipinski definition) is 1. The Labute approximate surface area is 571 Å². The third-order valence-corrected chi connectivity index (χ3v) is 28.0. The van der Waals surface area contributed by atoms with Crippen molar-refractivity contribution in [3.05, 3.63) is 71.4 Å².